The van der Waals surface area contributed by atoms with Crippen molar-refractivity contribution in [1.29, 1.82) is 0 Å². The van der Waals surface area contributed by atoms with E-state index in [0.29, 0.717) is 6.04 Å². The number of hydrogen-bond acceptors (Lipinski definition) is 3. The first-order valence-corrected chi connectivity index (χ1v) is 8.93. The maximum absolute atomic E-state index is 3.76. The Morgan fingerprint density at radius 2 is 1.90 bits per heavy atom. The zero-order chi connectivity index (χ0) is 14.2. The summed E-state index contributed by atoms with van der Waals surface area (Å²) in [6.45, 7) is 11.1. The molecule has 0 spiro atoms. The van der Waals surface area contributed by atoms with E-state index in [9.17, 15) is 0 Å². The molecule has 0 amide bonds. The standard InChI is InChI=1S/C17H35N3/c1-15(14-20-10-6-7-11-20)13-19-16(2)12-17-8-4-3-5-9-18-17/h15-19H,3-14H2,1-2H3. The van der Waals surface area contributed by atoms with Gasteiger partial charge in [-0.3, -0.25) is 0 Å². The van der Waals surface area contributed by atoms with Crippen LogP contribution in [0.15, 0.2) is 0 Å². The summed E-state index contributed by atoms with van der Waals surface area (Å²) in [6, 6.07) is 1.39. The lowest BCUT2D eigenvalue weighted by Gasteiger charge is -2.25. The Kier molecular flexibility index (Phi) is 7.32. The Bertz CT molecular complexity index is 243. The predicted octanol–water partition coefficient (Wildman–Crippen LogP) is 2.62. The van der Waals surface area contributed by atoms with Crippen LogP contribution < -0.4 is 10.6 Å². The van der Waals surface area contributed by atoms with Gasteiger partial charge >= 0.3 is 0 Å². The summed E-state index contributed by atoms with van der Waals surface area (Å²) < 4.78 is 0. The summed E-state index contributed by atoms with van der Waals surface area (Å²) in [5.41, 5.74) is 0. The van der Waals surface area contributed by atoms with Crippen LogP contribution in [0.4, 0.5) is 0 Å². The van der Waals surface area contributed by atoms with Gasteiger partial charge < -0.3 is 15.5 Å². The van der Waals surface area contributed by atoms with Gasteiger partial charge in [0.05, 0.1) is 0 Å². The number of nitrogens with one attached hydrogen (secondary N) is 2. The number of nitrogens with zero attached hydrogens (tertiary/aromatic N) is 1. The van der Waals surface area contributed by atoms with Crippen molar-refractivity contribution in [2.24, 2.45) is 5.92 Å². The van der Waals surface area contributed by atoms with Gasteiger partial charge in [-0.25, -0.2) is 0 Å². The molecule has 0 aromatic rings. The van der Waals surface area contributed by atoms with Gasteiger partial charge in [-0.2, -0.15) is 0 Å². The molecular weight excluding hydrogens is 246 g/mol. The molecule has 0 aliphatic carbocycles. The number of hydrogen-bond donors (Lipinski definition) is 2. The molecule has 2 N–H and O–H groups in total. The van der Waals surface area contributed by atoms with Crippen LogP contribution >= 0.6 is 0 Å². The maximum Gasteiger partial charge on any atom is 0.00817 e. The second-order valence-corrected chi connectivity index (χ2v) is 7.16. The molecule has 3 heteroatoms. The Labute approximate surface area is 125 Å². The first-order valence-electron chi connectivity index (χ1n) is 8.93. The average Bonchev–Trinajstić information content (AvgIpc) is 2.80. The molecule has 2 aliphatic heterocycles. The van der Waals surface area contributed by atoms with Crippen molar-refractivity contribution in [2.75, 3.05) is 32.7 Å². The molecule has 0 aromatic carbocycles. The molecule has 20 heavy (non-hydrogen) atoms. The van der Waals surface area contributed by atoms with E-state index in [-0.39, 0.29) is 0 Å². The fraction of sp³-hybridized carbons (Fsp3) is 1.00. The van der Waals surface area contributed by atoms with Crippen LogP contribution in [0.25, 0.3) is 0 Å². The second kappa shape index (κ2) is 9.01. The minimum Gasteiger partial charge on any atom is -0.314 e. The summed E-state index contributed by atoms with van der Waals surface area (Å²) in [7, 11) is 0. The lowest BCUT2D eigenvalue weighted by molar-refractivity contribution is 0.275. The number of rotatable bonds is 7. The molecule has 2 rings (SSSR count). The molecular formula is C17H35N3. The highest BCUT2D eigenvalue weighted by Gasteiger charge is 2.17. The quantitative estimate of drug-likeness (QED) is 0.751. The lowest BCUT2D eigenvalue weighted by Crippen LogP contribution is -2.40. The monoisotopic (exact) mass is 281 g/mol. The van der Waals surface area contributed by atoms with Crippen molar-refractivity contribution >= 4 is 0 Å². The van der Waals surface area contributed by atoms with Gasteiger partial charge in [-0.1, -0.05) is 19.8 Å². The number of likely N-dealkylation sites (tertiary alicyclic amines) is 1. The van der Waals surface area contributed by atoms with E-state index < -0.39 is 0 Å². The predicted molar refractivity (Wildman–Crippen MR) is 87.2 cm³/mol. The molecule has 2 aliphatic rings. The summed E-state index contributed by atoms with van der Waals surface area (Å²) in [4.78, 5) is 2.63. The third-order valence-electron chi connectivity index (χ3n) is 4.88. The van der Waals surface area contributed by atoms with Crippen LogP contribution in [0.1, 0.15) is 58.8 Å². The highest BCUT2D eigenvalue weighted by molar-refractivity contribution is 4.77. The van der Waals surface area contributed by atoms with Gasteiger partial charge in [0.15, 0.2) is 0 Å². The molecule has 2 heterocycles. The van der Waals surface area contributed by atoms with Crippen LogP contribution in [0, 0.1) is 5.92 Å². The van der Waals surface area contributed by atoms with E-state index in [0.717, 1.165) is 12.0 Å². The SMILES string of the molecule is CC(CNC(C)CC1CCCCCN1)CN1CCCC1. The highest BCUT2D eigenvalue weighted by atomic mass is 15.1. The zero-order valence-corrected chi connectivity index (χ0v) is 13.7. The summed E-state index contributed by atoms with van der Waals surface area (Å²) >= 11 is 0. The van der Waals surface area contributed by atoms with Crippen molar-refractivity contribution in [3.8, 4) is 0 Å². The van der Waals surface area contributed by atoms with Gasteiger partial charge in [0, 0.05) is 18.6 Å². The normalized spacial score (nSPS) is 28.2. The molecule has 0 saturated carbocycles. The van der Waals surface area contributed by atoms with E-state index in [4.69, 9.17) is 0 Å². The fourth-order valence-corrected chi connectivity index (χ4v) is 3.68. The van der Waals surface area contributed by atoms with Gasteiger partial charge in [0.25, 0.3) is 0 Å². The van der Waals surface area contributed by atoms with E-state index in [1.165, 1.54) is 77.7 Å². The average molecular weight is 281 g/mol. The lowest BCUT2D eigenvalue weighted by atomic mass is 10.0. The Morgan fingerprint density at radius 1 is 1.10 bits per heavy atom. The van der Waals surface area contributed by atoms with Crippen LogP contribution in [0.2, 0.25) is 0 Å². The van der Waals surface area contributed by atoms with Crippen molar-refractivity contribution in [3.63, 3.8) is 0 Å². The van der Waals surface area contributed by atoms with Crippen LogP contribution in [0.5, 0.6) is 0 Å². The van der Waals surface area contributed by atoms with Crippen molar-refractivity contribution < 1.29 is 0 Å². The minimum atomic E-state index is 0.645. The third-order valence-corrected chi connectivity index (χ3v) is 4.88. The largest absolute Gasteiger partial charge is 0.314 e. The van der Waals surface area contributed by atoms with Gasteiger partial charge in [-0.05, 0) is 71.1 Å². The molecule has 2 saturated heterocycles. The van der Waals surface area contributed by atoms with E-state index >= 15 is 0 Å². The molecule has 2 fully saturated rings. The van der Waals surface area contributed by atoms with Crippen molar-refractivity contribution in [1.82, 2.24) is 15.5 Å². The fourth-order valence-electron chi connectivity index (χ4n) is 3.68. The second-order valence-electron chi connectivity index (χ2n) is 7.16. The van der Waals surface area contributed by atoms with Gasteiger partial charge in [-0.15, -0.1) is 0 Å². The zero-order valence-electron chi connectivity index (χ0n) is 13.7. The van der Waals surface area contributed by atoms with Crippen LogP contribution in [-0.4, -0.2) is 49.7 Å². The van der Waals surface area contributed by atoms with Crippen molar-refractivity contribution in [3.05, 3.63) is 0 Å². The Hall–Kier alpha value is -0.120. The molecule has 0 radical (unpaired) electrons. The smallest absolute Gasteiger partial charge is 0.00817 e. The van der Waals surface area contributed by atoms with Gasteiger partial charge in [0.1, 0.15) is 0 Å². The minimum absolute atomic E-state index is 0.645. The third kappa shape index (κ3) is 6.11. The van der Waals surface area contributed by atoms with Crippen LogP contribution in [0.3, 0.4) is 0 Å². The van der Waals surface area contributed by atoms with Crippen molar-refractivity contribution in [2.45, 2.75) is 70.9 Å². The molecule has 3 unspecified atom stereocenters. The van der Waals surface area contributed by atoms with E-state index in [1.807, 2.05) is 0 Å². The molecule has 3 atom stereocenters. The Morgan fingerprint density at radius 3 is 2.70 bits per heavy atom. The summed E-state index contributed by atoms with van der Waals surface area (Å²) in [5, 5.41) is 7.47. The van der Waals surface area contributed by atoms with E-state index in [1.54, 1.807) is 0 Å². The molecule has 3 nitrogen and oxygen atoms in total. The molecule has 118 valence electrons. The molecule has 0 bridgehead atoms. The summed E-state index contributed by atoms with van der Waals surface area (Å²) in [5.74, 6) is 0.776. The first kappa shape index (κ1) is 16.3. The van der Waals surface area contributed by atoms with Gasteiger partial charge in [0.2, 0.25) is 0 Å². The highest BCUT2D eigenvalue weighted by Crippen LogP contribution is 2.13. The van der Waals surface area contributed by atoms with E-state index in [2.05, 4.69) is 29.4 Å². The molecule has 0 aromatic heterocycles. The first-order chi connectivity index (χ1) is 9.74. The Balaban J connectivity index is 1.57. The summed E-state index contributed by atoms with van der Waals surface area (Å²) in [6.07, 6.45) is 9.67. The topological polar surface area (TPSA) is 27.3 Å². The van der Waals surface area contributed by atoms with Crippen LogP contribution in [-0.2, 0) is 0 Å². The maximum atomic E-state index is 3.76.